The molecule has 0 saturated carbocycles. The molecule has 0 bridgehead atoms. The van der Waals surface area contributed by atoms with Crippen LogP contribution in [0.3, 0.4) is 0 Å². The van der Waals surface area contributed by atoms with Gasteiger partial charge in [-0.15, -0.1) is 0 Å². The third-order valence-electron chi connectivity index (χ3n) is 4.69. The van der Waals surface area contributed by atoms with Crippen LogP contribution in [0, 0.1) is 11.3 Å². The van der Waals surface area contributed by atoms with Crippen LogP contribution in [0.4, 0.5) is 5.69 Å². The van der Waals surface area contributed by atoms with E-state index in [0.29, 0.717) is 16.8 Å². The monoisotopic (exact) mass is 381 g/mol. The number of rotatable bonds is 4. The first-order valence-corrected chi connectivity index (χ1v) is 8.92. The van der Waals surface area contributed by atoms with Crippen molar-refractivity contribution in [2.45, 2.75) is 6.54 Å². The molecule has 0 unspecified atom stereocenters. The Hall–Kier alpha value is -4.24. The molecule has 6 nitrogen and oxygen atoms in total. The molecule has 0 spiro atoms. The maximum absolute atomic E-state index is 12.8. The first-order chi connectivity index (χ1) is 14.1. The van der Waals surface area contributed by atoms with E-state index in [0.717, 1.165) is 5.56 Å². The van der Waals surface area contributed by atoms with E-state index in [1.807, 2.05) is 36.4 Å². The molecule has 140 valence electrons. The predicted octanol–water partition coefficient (Wildman–Crippen LogP) is 3.61. The number of benzene rings is 3. The van der Waals surface area contributed by atoms with Crippen LogP contribution in [-0.4, -0.2) is 22.6 Å². The molecule has 6 heteroatoms. The zero-order valence-electron chi connectivity index (χ0n) is 15.3. The van der Waals surface area contributed by atoms with Crippen molar-refractivity contribution < 1.29 is 14.4 Å². The summed E-state index contributed by atoms with van der Waals surface area (Å²) in [5.41, 5.74) is 2.65. The summed E-state index contributed by atoms with van der Waals surface area (Å²) >= 11 is 0. The topological polar surface area (TPSA) is 90.3 Å². The van der Waals surface area contributed by atoms with Gasteiger partial charge in [-0.3, -0.25) is 19.3 Å². The largest absolute Gasteiger partial charge is 0.322 e. The molecular weight excluding hydrogens is 366 g/mol. The maximum atomic E-state index is 12.8. The van der Waals surface area contributed by atoms with Gasteiger partial charge in [-0.25, -0.2) is 0 Å². The third kappa shape index (κ3) is 3.49. The number of carbonyl (C=O) groups excluding carboxylic acids is 3. The average molecular weight is 381 g/mol. The van der Waals surface area contributed by atoms with E-state index in [4.69, 9.17) is 5.26 Å². The van der Waals surface area contributed by atoms with E-state index >= 15 is 0 Å². The number of hydrogen-bond acceptors (Lipinski definition) is 4. The Balaban J connectivity index is 1.55. The Labute approximate surface area is 167 Å². The Morgan fingerprint density at radius 2 is 1.59 bits per heavy atom. The summed E-state index contributed by atoms with van der Waals surface area (Å²) in [4.78, 5) is 39.1. The number of nitrogens with one attached hydrogen (secondary N) is 1. The highest BCUT2D eigenvalue weighted by molar-refractivity contribution is 6.22. The second-order valence-corrected chi connectivity index (χ2v) is 6.59. The van der Waals surface area contributed by atoms with Crippen molar-refractivity contribution in [3.63, 3.8) is 0 Å². The van der Waals surface area contributed by atoms with Gasteiger partial charge in [-0.05, 0) is 48.0 Å². The van der Waals surface area contributed by atoms with Crippen molar-refractivity contribution in [2.24, 2.45) is 0 Å². The van der Waals surface area contributed by atoms with Crippen molar-refractivity contribution in [2.75, 3.05) is 5.32 Å². The van der Waals surface area contributed by atoms with Gasteiger partial charge in [0.1, 0.15) is 0 Å². The van der Waals surface area contributed by atoms with E-state index in [1.165, 1.54) is 23.1 Å². The lowest BCUT2D eigenvalue weighted by molar-refractivity contribution is 0.0642. The van der Waals surface area contributed by atoms with E-state index in [9.17, 15) is 14.4 Å². The summed E-state index contributed by atoms with van der Waals surface area (Å²) in [6, 6.07) is 22.2. The highest BCUT2D eigenvalue weighted by atomic mass is 16.2. The van der Waals surface area contributed by atoms with E-state index in [-0.39, 0.29) is 23.6 Å². The zero-order chi connectivity index (χ0) is 20.4. The van der Waals surface area contributed by atoms with Crippen LogP contribution in [0.5, 0.6) is 0 Å². The number of hydrogen-bond donors (Lipinski definition) is 1. The maximum Gasteiger partial charge on any atom is 0.261 e. The molecule has 0 radical (unpaired) electrons. The summed E-state index contributed by atoms with van der Waals surface area (Å²) < 4.78 is 0. The van der Waals surface area contributed by atoms with Gasteiger partial charge < -0.3 is 5.32 Å². The fourth-order valence-electron chi connectivity index (χ4n) is 3.17. The fourth-order valence-corrected chi connectivity index (χ4v) is 3.17. The van der Waals surface area contributed by atoms with Crippen LogP contribution in [-0.2, 0) is 6.54 Å². The van der Waals surface area contributed by atoms with Gasteiger partial charge in [-0.1, -0.05) is 30.3 Å². The molecule has 0 fully saturated rings. The quantitative estimate of drug-likeness (QED) is 0.699. The van der Waals surface area contributed by atoms with Crippen LogP contribution in [0.15, 0.2) is 72.8 Å². The van der Waals surface area contributed by atoms with Crippen molar-refractivity contribution in [3.8, 4) is 6.07 Å². The summed E-state index contributed by atoms with van der Waals surface area (Å²) in [7, 11) is 0. The van der Waals surface area contributed by atoms with Crippen LogP contribution in [0.25, 0.3) is 0 Å². The Kier molecular flexibility index (Phi) is 4.63. The second-order valence-electron chi connectivity index (χ2n) is 6.59. The van der Waals surface area contributed by atoms with Crippen LogP contribution in [0.1, 0.15) is 42.2 Å². The van der Waals surface area contributed by atoms with Crippen molar-refractivity contribution in [1.82, 2.24) is 4.90 Å². The van der Waals surface area contributed by atoms with Crippen LogP contribution >= 0.6 is 0 Å². The zero-order valence-corrected chi connectivity index (χ0v) is 15.3. The number of nitriles is 1. The molecular formula is C23H15N3O3. The van der Waals surface area contributed by atoms with E-state index in [2.05, 4.69) is 5.32 Å². The third-order valence-corrected chi connectivity index (χ3v) is 4.69. The first kappa shape index (κ1) is 18.1. The minimum absolute atomic E-state index is 0.181. The average Bonchev–Trinajstić information content (AvgIpc) is 2.99. The fraction of sp³-hybridized carbons (Fsp3) is 0.0435. The second kappa shape index (κ2) is 7.41. The molecule has 1 heterocycles. The number of nitrogens with zero attached hydrogens (tertiary/aromatic N) is 2. The molecule has 3 aromatic rings. The summed E-state index contributed by atoms with van der Waals surface area (Å²) in [6.45, 7) is 0.181. The Morgan fingerprint density at radius 3 is 2.28 bits per heavy atom. The van der Waals surface area contributed by atoms with Gasteiger partial charge in [0.2, 0.25) is 0 Å². The Bertz CT molecular complexity index is 1160. The molecule has 0 aliphatic carbocycles. The molecule has 3 aromatic carbocycles. The SMILES string of the molecule is N#Cc1ccc(NC(=O)c2ccc3c(c2)C(=O)N(Cc2ccccc2)C3=O)cc1. The van der Waals surface area contributed by atoms with Gasteiger partial charge in [0.15, 0.2) is 0 Å². The van der Waals surface area contributed by atoms with Gasteiger partial charge in [0, 0.05) is 11.3 Å². The van der Waals surface area contributed by atoms with Gasteiger partial charge in [0.25, 0.3) is 17.7 Å². The minimum Gasteiger partial charge on any atom is -0.322 e. The molecule has 0 atom stereocenters. The Morgan fingerprint density at radius 1 is 0.897 bits per heavy atom. The van der Waals surface area contributed by atoms with Crippen LogP contribution in [0.2, 0.25) is 0 Å². The molecule has 3 amide bonds. The molecule has 1 N–H and O–H groups in total. The number of fused-ring (bicyclic) bond motifs is 1. The number of carbonyl (C=O) groups is 3. The molecule has 1 aliphatic rings. The predicted molar refractivity (Wildman–Crippen MR) is 106 cm³/mol. The summed E-state index contributed by atoms with van der Waals surface area (Å²) in [5, 5.41) is 11.6. The number of amides is 3. The van der Waals surface area contributed by atoms with E-state index in [1.54, 1.807) is 24.3 Å². The van der Waals surface area contributed by atoms with Gasteiger partial charge in [-0.2, -0.15) is 5.26 Å². The molecule has 0 aromatic heterocycles. The lowest BCUT2D eigenvalue weighted by atomic mass is 10.1. The van der Waals surface area contributed by atoms with Gasteiger partial charge in [0.05, 0.1) is 29.3 Å². The van der Waals surface area contributed by atoms with Crippen molar-refractivity contribution in [1.29, 1.82) is 5.26 Å². The molecule has 29 heavy (non-hydrogen) atoms. The highest BCUT2D eigenvalue weighted by Gasteiger charge is 2.35. The molecule has 0 saturated heterocycles. The lowest BCUT2D eigenvalue weighted by Gasteiger charge is -2.13. The minimum atomic E-state index is -0.415. The van der Waals surface area contributed by atoms with Crippen LogP contribution < -0.4 is 5.32 Å². The van der Waals surface area contributed by atoms with E-state index < -0.39 is 11.8 Å². The smallest absolute Gasteiger partial charge is 0.261 e. The molecule has 1 aliphatic heterocycles. The summed E-state index contributed by atoms with van der Waals surface area (Å²) in [5.74, 6) is -1.19. The molecule has 4 rings (SSSR count). The summed E-state index contributed by atoms with van der Waals surface area (Å²) in [6.07, 6.45) is 0. The van der Waals surface area contributed by atoms with Crippen molar-refractivity contribution >= 4 is 23.4 Å². The van der Waals surface area contributed by atoms with Gasteiger partial charge >= 0.3 is 0 Å². The first-order valence-electron chi connectivity index (χ1n) is 8.92. The standard InChI is InChI=1S/C23H15N3O3/c24-13-15-6-9-18(10-7-15)25-21(27)17-8-11-19-20(12-17)23(29)26(22(19)28)14-16-4-2-1-3-5-16/h1-12H,14H2,(H,25,27). The lowest BCUT2D eigenvalue weighted by Crippen LogP contribution is -2.29. The van der Waals surface area contributed by atoms with Crippen molar-refractivity contribution in [3.05, 3.63) is 101 Å². The normalized spacial score (nSPS) is 12.4. The highest BCUT2D eigenvalue weighted by Crippen LogP contribution is 2.26. The number of imide groups is 1. The number of anilines is 1.